The van der Waals surface area contributed by atoms with Crippen molar-refractivity contribution in [3.8, 4) is 0 Å². The van der Waals surface area contributed by atoms with E-state index in [9.17, 15) is 14.4 Å². The van der Waals surface area contributed by atoms with Gasteiger partial charge in [-0.25, -0.2) is 4.39 Å². The average Bonchev–Trinajstić information content (AvgIpc) is 3.68. The number of carbonyl (C=O) groups is 3. The van der Waals surface area contributed by atoms with Crippen molar-refractivity contribution in [1.82, 2.24) is 10.2 Å². The maximum Gasteiger partial charge on any atom is 0.254 e. The van der Waals surface area contributed by atoms with E-state index >= 15 is 4.39 Å². The Kier molecular flexibility index (Phi) is 7.27. The van der Waals surface area contributed by atoms with Crippen LogP contribution in [0.1, 0.15) is 94.4 Å². The first-order valence-corrected chi connectivity index (χ1v) is 12.4. The molecule has 1 heterocycles. The number of halogens is 1. The molecule has 2 atom stereocenters. The van der Waals surface area contributed by atoms with Gasteiger partial charge in [0.15, 0.2) is 5.78 Å². The zero-order chi connectivity index (χ0) is 22.7. The highest BCUT2D eigenvalue weighted by molar-refractivity contribution is 5.98. The van der Waals surface area contributed by atoms with Gasteiger partial charge in [-0.15, -0.1) is 0 Å². The normalized spacial score (nSPS) is 22.9. The SMILES string of the molecule is CCC(=O)[C@H](NC(=O)c1cccc(C2CCCN(C(=O)C3CC3)C2)c1F)C1CCCCC1.[HH]. The minimum atomic E-state index is -0.544. The summed E-state index contributed by atoms with van der Waals surface area (Å²) in [5.74, 6) is -0.632. The topological polar surface area (TPSA) is 66.5 Å². The highest BCUT2D eigenvalue weighted by Crippen LogP contribution is 2.35. The number of nitrogens with zero attached hydrogens (tertiary/aromatic N) is 1. The van der Waals surface area contributed by atoms with Gasteiger partial charge in [0.2, 0.25) is 5.91 Å². The van der Waals surface area contributed by atoms with Crippen molar-refractivity contribution in [3.63, 3.8) is 0 Å². The number of likely N-dealkylation sites (tertiary alicyclic amines) is 1. The second kappa shape index (κ2) is 10.1. The second-order valence-electron chi connectivity index (χ2n) is 9.78. The van der Waals surface area contributed by atoms with E-state index in [4.69, 9.17) is 0 Å². The number of rotatable bonds is 7. The van der Waals surface area contributed by atoms with Gasteiger partial charge >= 0.3 is 0 Å². The molecule has 0 aromatic heterocycles. The van der Waals surface area contributed by atoms with E-state index in [2.05, 4.69) is 5.32 Å². The summed E-state index contributed by atoms with van der Waals surface area (Å²) in [5, 5.41) is 2.88. The molecule has 2 aliphatic carbocycles. The molecule has 1 N–H and O–H groups in total. The van der Waals surface area contributed by atoms with Gasteiger partial charge in [-0.1, -0.05) is 38.3 Å². The summed E-state index contributed by atoms with van der Waals surface area (Å²) in [4.78, 5) is 40.0. The highest BCUT2D eigenvalue weighted by Gasteiger charge is 2.36. The molecule has 1 unspecified atom stereocenters. The van der Waals surface area contributed by atoms with Gasteiger partial charge in [-0.05, 0) is 56.1 Å². The summed E-state index contributed by atoms with van der Waals surface area (Å²) < 4.78 is 15.5. The molecule has 32 heavy (non-hydrogen) atoms. The third-order valence-corrected chi connectivity index (χ3v) is 7.48. The van der Waals surface area contributed by atoms with Gasteiger partial charge in [-0.3, -0.25) is 14.4 Å². The maximum absolute atomic E-state index is 15.5. The van der Waals surface area contributed by atoms with Crippen molar-refractivity contribution in [1.29, 1.82) is 0 Å². The predicted octanol–water partition coefficient (Wildman–Crippen LogP) is 4.85. The Morgan fingerprint density at radius 1 is 1.09 bits per heavy atom. The van der Waals surface area contributed by atoms with E-state index in [1.165, 1.54) is 6.07 Å². The Labute approximate surface area is 191 Å². The quantitative estimate of drug-likeness (QED) is 0.654. The van der Waals surface area contributed by atoms with Crippen molar-refractivity contribution in [3.05, 3.63) is 35.1 Å². The van der Waals surface area contributed by atoms with Gasteiger partial charge in [0.1, 0.15) is 5.82 Å². The summed E-state index contributed by atoms with van der Waals surface area (Å²) in [6, 6.07) is 4.40. The van der Waals surface area contributed by atoms with Crippen molar-refractivity contribution in [2.45, 2.75) is 83.1 Å². The minimum Gasteiger partial charge on any atom is -0.342 e. The van der Waals surface area contributed by atoms with E-state index in [0.29, 0.717) is 18.5 Å². The monoisotopic (exact) mass is 444 g/mol. The van der Waals surface area contributed by atoms with E-state index in [-0.39, 0.29) is 36.4 Å². The average molecular weight is 445 g/mol. The standard InChI is InChI=1S/C26H35FN2O3.H2/c1-2-22(30)24(17-8-4-3-5-9-17)28-25(31)21-12-6-11-20(23(21)27)19-10-7-15-29(16-19)26(32)18-13-14-18;/h6,11-12,17-19,24H,2-5,7-10,13-16H2,1H3,(H,28,31);1H/t19?,24-;/m1./s1. The number of Topliss-reactive ketones (excluding diaryl/α,β-unsaturated/α-hetero) is 1. The van der Waals surface area contributed by atoms with E-state index in [1.54, 1.807) is 12.1 Å². The molecule has 1 saturated heterocycles. The highest BCUT2D eigenvalue weighted by atomic mass is 19.1. The Hall–Kier alpha value is -2.24. The summed E-state index contributed by atoms with van der Waals surface area (Å²) in [5.41, 5.74) is 0.500. The van der Waals surface area contributed by atoms with E-state index in [1.807, 2.05) is 11.8 Å². The molecular weight excluding hydrogens is 407 g/mol. The van der Waals surface area contributed by atoms with E-state index in [0.717, 1.165) is 64.3 Å². The van der Waals surface area contributed by atoms with Crippen LogP contribution >= 0.6 is 0 Å². The van der Waals surface area contributed by atoms with Crippen molar-refractivity contribution in [2.24, 2.45) is 11.8 Å². The fraction of sp³-hybridized carbons (Fsp3) is 0.654. The van der Waals surface area contributed by atoms with E-state index < -0.39 is 17.8 Å². The smallest absolute Gasteiger partial charge is 0.254 e. The lowest BCUT2D eigenvalue weighted by Crippen LogP contribution is -2.46. The largest absolute Gasteiger partial charge is 0.342 e. The van der Waals surface area contributed by atoms with Gasteiger partial charge in [-0.2, -0.15) is 0 Å². The molecular formula is C26H37FN2O3. The molecule has 4 rings (SSSR count). The molecule has 1 aliphatic heterocycles. The lowest BCUT2D eigenvalue weighted by atomic mass is 9.81. The number of amides is 2. The maximum atomic E-state index is 15.5. The van der Waals surface area contributed by atoms with Crippen LogP contribution < -0.4 is 5.32 Å². The van der Waals surface area contributed by atoms with Crippen LogP contribution in [0.5, 0.6) is 0 Å². The first-order valence-electron chi connectivity index (χ1n) is 12.4. The predicted molar refractivity (Wildman–Crippen MR) is 123 cm³/mol. The van der Waals surface area contributed by atoms with Crippen LogP contribution in [0.3, 0.4) is 0 Å². The molecule has 0 bridgehead atoms. The van der Waals surface area contributed by atoms with Crippen LogP contribution in [0, 0.1) is 17.7 Å². The van der Waals surface area contributed by atoms with Crippen LogP contribution in [-0.2, 0) is 9.59 Å². The molecule has 0 spiro atoms. The second-order valence-corrected chi connectivity index (χ2v) is 9.78. The minimum absolute atomic E-state index is 0. The van der Waals surface area contributed by atoms with Crippen molar-refractivity contribution < 1.29 is 20.2 Å². The van der Waals surface area contributed by atoms with Crippen molar-refractivity contribution >= 4 is 17.6 Å². The lowest BCUT2D eigenvalue weighted by Gasteiger charge is -2.33. The molecule has 1 aromatic rings. The molecule has 2 saturated carbocycles. The summed E-state index contributed by atoms with van der Waals surface area (Å²) in [6.45, 7) is 3.05. The van der Waals surface area contributed by atoms with Crippen LogP contribution in [0.4, 0.5) is 4.39 Å². The summed E-state index contributed by atoms with van der Waals surface area (Å²) >= 11 is 0. The third kappa shape index (κ3) is 5.05. The summed E-state index contributed by atoms with van der Waals surface area (Å²) in [7, 11) is 0. The van der Waals surface area contributed by atoms with Crippen LogP contribution in [-0.4, -0.2) is 41.6 Å². The Bertz CT molecular complexity index is 867. The van der Waals surface area contributed by atoms with Crippen molar-refractivity contribution in [2.75, 3.05) is 13.1 Å². The number of carbonyl (C=O) groups excluding carboxylic acids is 3. The first-order chi connectivity index (χ1) is 15.5. The Morgan fingerprint density at radius 2 is 1.84 bits per heavy atom. The number of nitrogens with one attached hydrogen (secondary N) is 1. The molecule has 1 aromatic carbocycles. The number of piperidine rings is 1. The zero-order valence-corrected chi connectivity index (χ0v) is 19.1. The molecule has 5 nitrogen and oxygen atoms in total. The van der Waals surface area contributed by atoms with Crippen LogP contribution in [0.15, 0.2) is 18.2 Å². The summed E-state index contributed by atoms with van der Waals surface area (Å²) in [6.07, 6.45) is 9.06. The fourth-order valence-corrected chi connectivity index (χ4v) is 5.43. The molecule has 3 aliphatic rings. The van der Waals surface area contributed by atoms with Gasteiger partial charge in [0.05, 0.1) is 11.6 Å². The van der Waals surface area contributed by atoms with Gasteiger partial charge in [0, 0.05) is 32.8 Å². The number of benzene rings is 1. The molecule has 0 radical (unpaired) electrons. The third-order valence-electron chi connectivity index (χ3n) is 7.48. The molecule has 2 amide bonds. The number of ketones is 1. The van der Waals surface area contributed by atoms with Crippen LogP contribution in [0.2, 0.25) is 0 Å². The Balaban J connectivity index is 0.00000306. The molecule has 176 valence electrons. The number of hydrogen-bond acceptors (Lipinski definition) is 3. The molecule has 3 fully saturated rings. The lowest BCUT2D eigenvalue weighted by molar-refractivity contribution is -0.133. The molecule has 6 heteroatoms. The van der Waals surface area contributed by atoms with Crippen LogP contribution in [0.25, 0.3) is 0 Å². The first kappa shape index (κ1) is 22.9. The van der Waals surface area contributed by atoms with Gasteiger partial charge < -0.3 is 10.2 Å². The number of hydrogen-bond donors (Lipinski definition) is 1. The van der Waals surface area contributed by atoms with Gasteiger partial charge in [0.25, 0.3) is 5.91 Å². The zero-order valence-electron chi connectivity index (χ0n) is 19.1. The fourth-order valence-electron chi connectivity index (χ4n) is 5.43. The Morgan fingerprint density at radius 3 is 2.53 bits per heavy atom.